The summed E-state index contributed by atoms with van der Waals surface area (Å²) in [7, 11) is -1.16. The monoisotopic (exact) mass is 522 g/mol. The van der Waals surface area contributed by atoms with Gasteiger partial charge in [-0.3, -0.25) is 0 Å². The highest BCUT2D eigenvalue weighted by Crippen LogP contribution is 2.37. The van der Waals surface area contributed by atoms with Gasteiger partial charge in [0, 0.05) is 14.7 Å². The summed E-state index contributed by atoms with van der Waals surface area (Å²) in [5, 5.41) is -0.733. The molecule has 2 aromatic rings. The summed E-state index contributed by atoms with van der Waals surface area (Å²) in [4.78, 5) is 0. The van der Waals surface area contributed by atoms with E-state index >= 15 is 0 Å². The molecule has 1 unspecified atom stereocenters. The lowest BCUT2D eigenvalue weighted by Crippen LogP contribution is -2.25. The molecule has 2 rings (SSSR count). The summed E-state index contributed by atoms with van der Waals surface area (Å²) in [6.45, 7) is 5.16. The minimum Gasteiger partial charge on any atom is -0.431 e. The Hall–Kier alpha value is -1.81. The van der Waals surface area contributed by atoms with Gasteiger partial charge in [-0.25, -0.2) is 0 Å². The topological polar surface area (TPSA) is 36.9 Å². The van der Waals surface area contributed by atoms with Gasteiger partial charge in [0.1, 0.15) is 6.79 Å². The van der Waals surface area contributed by atoms with Gasteiger partial charge in [-0.15, -0.1) is 11.6 Å². The lowest BCUT2D eigenvalue weighted by molar-refractivity contribution is -0.129. The normalized spacial score (nSPS) is 13.4. The minimum atomic E-state index is -3.20. The molecule has 0 aromatic heterocycles. The van der Waals surface area contributed by atoms with E-state index in [1.165, 1.54) is 12.1 Å². The smallest absolute Gasteiger partial charge is 0.387 e. The summed E-state index contributed by atoms with van der Waals surface area (Å²) < 4.78 is 70.7. The Labute approximate surface area is 204 Å². The number of halogens is 5. The molecule has 0 amide bonds. The van der Waals surface area contributed by atoms with Gasteiger partial charge in [-0.2, -0.15) is 17.6 Å². The first-order valence-corrected chi connectivity index (χ1v) is 14.9. The van der Waals surface area contributed by atoms with Crippen LogP contribution in [-0.2, 0) is 15.1 Å². The lowest BCUT2D eigenvalue weighted by Gasteiger charge is -2.26. The molecule has 0 aliphatic heterocycles. The maximum absolute atomic E-state index is 12.7. The van der Waals surface area contributed by atoms with Crippen LogP contribution in [0.3, 0.4) is 0 Å². The van der Waals surface area contributed by atoms with Crippen molar-refractivity contribution in [1.29, 1.82) is 0 Å². The van der Waals surface area contributed by atoms with E-state index in [-0.39, 0.29) is 6.79 Å². The summed E-state index contributed by atoms with van der Waals surface area (Å²) in [6.07, 6.45) is 0. The summed E-state index contributed by atoms with van der Waals surface area (Å²) >= 11 is 6.54. The third kappa shape index (κ3) is 9.09. The number of alkyl halides is 5. The zero-order valence-electron chi connectivity index (χ0n) is 19.9. The first-order valence-electron chi connectivity index (χ1n) is 10.8. The van der Waals surface area contributed by atoms with Crippen LogP contribution in [0.4, 0.5) is 17.6 Å². The van der Waals surface area contributed by atoms with E-state index < -0.39 is 43.8 Å². The molecule has 1 atom stereocenters. The van der Waals surface area contributed by atoms with Crippen molar-refractivity contribution in [2.75, 3.05) is 13.4 Å². The molecular weight excluding hydrogens is 492 g/mol. The fourth-order valence-corrected chi connectivity index (χ4v) is 4.06. The van der Waals surface area contributed by atoms with Crippen molar-refractivity contribution in [3.05, 3.63) is 59.2 Å². The van der Waals surface area contributed by atoms with Gasteiger partial charge < -0.3 is 18.9 Å². The SMILES string of the molecule is CC(C)(OCOCC[Si](C)(C)C)c1ccc(C(Cl)c2ccc(OC(F)F)c(OC(F)F)c2)cc1. The number of hydrogen-bond acceptors (Lipinski definition) is 4. The molecule has 0 aliphatic carbocycles. The van der Waals surface area contributed by atoms with Gasteiger partial charge in [0.15, 0.2) is 11.5 Å². The minimum absolute atomic E-state index is 0.178. The van der Waals surface area contributed by atoms with Crippen molar-refractivity contribution in [3.63, 3.8) is 0 Å². The van der Waals surface area contributed by atoms with E-state index in [4.69, 9.17) is 21.1 Å². The molecule has 0 saturated heterocycles. The number of hydrogen-bond donors (Lipinski definition) is 0. The molecule has 34 heavy (non-hydrogen) atoms. The molecule has 0 bridgehead atoms. The molecule has 10 heteroatoms. The Kier molecular flexibility index (Phi) is 10.2. The average Bonchev–Trinajstić information content (AvgIpc) is 2.72. The van der Waals surface area contributed by atoms with Crippen LogP contribution < -0.4 is 9.47 Å². The second kappa shape index (κ2) is 12.2. The standard InChI is InChI=1S/C24H31ClF4O4Si/c1-24(2,31-15-30-12-13-34(3,4)5)18-9-6-16(7-10-18)21(25)17-8-11-19(32-22(26)27)20(14-17)33-23(28)29/h6-11,14,21-23H,12-13,15H2,1-5H3. The third-order valence-corrected chi connectivity index (χ3v) is 7.30. The molecule has 0 fully saturated rings. The van der Waals surface area contributed by atoms with Crippen molar-refractivity contribution in [2.24, 2.45) is 0 Å². The van der Waals surface area contributed by atoms with Crippen LogP contribution in [0.25, 0.3) is 0 Å². The maximum atomic E-state index is 12.7. The quantitative estimate of drug-likeness (QED) is 0.0884. The molecule has 0 heterocycles. The largest absolute Gasteiger partial charge is 0.431 e. The van der Waals surface area contributed by atoms with E-state index in [0.717, 1.165) is 17.7 Å². The summed E-state index contributed by atoms with van der Waals surface area (Å²) in [5.74, 6) is -1.01. The molecule has 0 radical (unpaired) electrons. The zero-order valence-corrected chi connectivity index (χ0v) is 21.7. The van der Waals surface area contributed by atoms with E-state index in [1.54, 1.807) is 12.1 Å². The van der Waals surface area contributed by atoms with Gasteiger partial charge >= 0.3 is 13.2 Å². The molecule has 190 valence electrons. The number of ether oxygens (including phenoxy) is 4. The maximum Gasteiger partial charge on any atom is 0.387 e. The average molecular weight is 523 g/mol. The highest BCUT2D eigenvalue weighted by atomic mass is 35.5. The van der Waals surface area contributed by atoms with Crippen molar-refractivity contribution >= 4 is 19.7 Å². The van der Waals surface area contributed by atoms with Gasteiger partial charge in [-0.1, -0.05) is 50.0 Å². The van der Waals surface area contributed by atoms with Crippen molar-refractivity contribution < 1.29 is 36.5 Å². The van der Waals surface area contributed by atoms with Crippen LogP contribution in [0, 0.1) is 0 Å². The first kappa shape index (κ1) is 28.4. The van der Waals surface area contributed by atoms with Crippen molar-refractivity contribution in [3.8, 4) is 11.5 Å². The predicted octanol–water partition coefficient (Wildman–Crippen LogP) is 7.78. The lowest BCUT2D eigenvalue weighted by atomic mass is 9.95. The summed E-state index contributed by atoms with van der Waals surface area (Å²) in [5.41, 5.74) is 1.36. The van der Waals surface area contributed by atoms with Crippen LogP contribution >= 0.6 is 11.6 Å². The predicted molar refractivity (Wildman–Crippen MR) is 127 cm³/mol. The Morgan fingerprint density at radius 3 is 1.97 bits per heavy atom. The fraction of sp³-hybridized carbons (Fsp3) is 0.500. The van der Waals surface area contributed by atoms with Crippen LogP contribution in [0.2, 0.25) is 25.7 Å². The second-order valence-corrected chi connectivity index (χ2v) is 15.5. The van der Waals surface area contributed by atoms with Gasteiger partial charge in [0.05, 0.1) is 11.0 Å². The Morgan fingerprint density at radius 1 is 0.853 bits per heavy atom. The highest BCUT2D eigenvalue weighted by molar-refractivity contribution is 6.76. The molecule has 2 aromatic carbocycles. The molecule has 4 nitrogen and oxygen atoms in total. The van der Waals surface area contributed by atoms with Crippen molar-refractivity contribution in [2.45, 2.75) is 63.7 Å². The molecular formula is C24H31ClF4O4Si. The number of benzene rings is 2. The van der Waals surface area contributed by atoms with Gasteiger partial charge in [-0.05, 0) is 48.7 Å². The van der Waals surface area contributed by atoms with Gasteiger partial charge in [0.25, 0.3) is 0 Å². The third-order valence-electron chi connectivity index (χ3n) is 5.09. The van der Waals surface area contributed by atoms with Crippen molar-refractivity contribution in [1.82, 2.24) is 0 Å². The second-order valence-electron chi connectivity index (χ2n) is 9.44. The molecule has 0 spiro atoms. The first-order chi connectivity index (χ1) is 15.8. The van der Waals surface area contributed by atoms with Crippen LogP contribution in [0.1, 0.15) is 35.9 Å². The van der Waals surface area contributed by atoms with Crippen LogP contribution in [0.15, 0.2) is 42.5 Å². The van der Waals surface area contributed by atoms with Crippen LogP contribution in [0.5, 0.6) is 11.5 Å². The Balaban J connectivity index is 2.08. The Morgan fingerprint density at radius 2 is 1.41 bits per heavy atom. The molecule has 0 saturated carbocycles. The van der Waals surface area contributed by atoms with E-state index in [1.807, 2.05) is 26.0 Å². The van der Waals surface area contributed by atoms with E-state index in [0.29, 0.717) is 17.7 Å². The van der Waals surface area contributed by atoms with Crippen LogP contribution in [-0.4, -0.2) is 34.7 Å². The highest BCUT2D eigenvalue weighted by Gasteiger charge is 2.23. The van der Waals surface area contributed by atoms with E-state index in [2.05, 4.69) is 29.1 Å². The van der Waals surface area contributed by atoms with E-state index in [9.17, 15) is 17.6 Å². The number of rotatable bonds is 13. The molecule has 0 aliphatic rings. The zero-order chi connectivity index (χ0) is 25.5. The summed E-state index contributed by atoms with van der Waals surface area (Å²) in [6, 6.07) is 12.1. The van der Waals surface area contributed by atoms with Gasteiger partial charge in [0.2, 0.25) is 0 Å². The Bertz CT molecular complexity index is 905. The fourth-order valence-electron chi connectivity index (χ4n) is 3.02. The molecule has 0 N–H and O–H groups in total.